The van der Waals surface area contributed by atoms with E-state index < -0.39 is 47.1 Å². The summed E-state index contributed by atoms with van der Waals surface area (Å²) in [6, 6.07) is 3.49. The minimum atomic E-state index is -2.26. The molecule has 2 aromatic rings. The zero-order valence-electron chi connectivity index (χ0n) is 10.1. The third-order valence-corrected chi connectivity index (χ3v) is 2.92. The maximum Gasteiger partial charge on any atom is 0.200 e. The second kappa shape index (κ2) is 5.85. The van der Waals surface area contributed by atoms with Gasteiger partial charge in [-0.05, 0) is 12.1 Å². The fourth-order valence-corrected chi connectivity index (χ4v) is 1.77. The summed E-state index contributed by atoms with van der Waals surface area (Å²) < 4.78 is 79.0. The summed E-state index contributed by atoms with van der Waals surface area (Å²) in [7, 11) is 0. The van der Waals surface area contributed by atoms with E-state index in [1.54, 1.807) is 0 Å². The highest BCUT2D eigenvalue weighted by Crippen LogP contribution is 2.27. The monoisotopic (exact) mass is 325 g/mol. The van der Waals surface area contributed by atoms with Gasteiger partial charge < -0.3 is 5.32 Å². The first kappa shape index (κ1) is 15.5. The molecule has 0 radical (unpaired) electrons. The normalized spacial score (nSPS) is 10.8. The van der Waals surface area contributed by atoms with Crippen LogP contribution in [0.5, 0.6) is 0 Å². The Labute approximate surface area is 120 Å². The van der Waals surface area contributed by atoms with Gasteiger partial charge in [0.2, 0.25) is 5.82 Å². The van der Waals surface area contributed by atoms with Crippen molar-refractivity contribution in [1.29, 1.82) is 0 Å². The number of anilines is 1. The van der Waals surface area contributed by atoms with Crippen LogP contribution < -0.4 is 5.32 Å². The third-order valence-electron chi connectivity index (χ3n) is 2.68. The molecule has 0 bridgehead atoms. The van der Waals surface area contributed by atoms with Crippen molar-refractivity contribution >= 4 is 17.3 Å². The van der Waals surface area contributed by atoms with Gasteiger partial charge in [-0.2, -0.15) is 0 Å². The Morgan fingerprint density at radius 3 is 1.86 bits per heavy atom. The van der Waals surface area contributed by atoms with Crippen molar-refractivity contribution in [3.8, 4) is 0 Å². The van der Waals surface area contributed by atoms with E-state index in [0.29, 0.717) is 0 Å². The molecule has 1 nitrogen and oxygen atoms in total. The Morgan fingerprint density at radius 2 is 1.33 bits per heavy atom. The molecule has 0 aliphatic rings. The van der Waals surface area contributed by atoms with Gasteiger partial charge in [-0.1, -0.05) is 17.7 Å². The molecule has 0 saturated carbocycles. The van der Waals surface area contributed by atoms with Crippen LogP contribution in [0, 0.1) is 34.9 Å². The highest BCUT2D eigenvalue weighted by molar-refractivity contribution is 6.30. The maximum atomic E-state index is 13.5. The number of rotatable bonds is 3. The van der Waals surface area contributed by atoms with Gasteiger partial charge in [-0.3, -0.25) is 0 Å². The molecule has 0 heterocycles. The summed E-state index contributed by atoms with van der Waals surface area (Å²) in [4.78, 5) is 0. The lowest BCUT2D eigenvalue weighted by Crippen LogP contribution is -2.10. The molecule has 0 amide bonds. The van der Waals surface area contributed by atoms with Crippen LogP contribution in [0.3, 0.4) is 0 Å². The van der Waals surface area contributed by atoms with E-state index in [1.165, 1.54) is 12.1 Å². The van der Waals surface area contributed by atoms with Crippen LogP contribution in [-0.2, 0) is 6.54 Å². The topological polar surface area (TPSA) is 12.0 Å². The van der Waals surface area contributed by atoms with Crippen molar-refractivity contribution in [2.24, 2.45) is 0 Å². The fourth-order valence-electron chi connectivity index (χ4n) is 1.61. The predicted octanol–water partition coefficient (Wildman–Crippen LogP) is 4.79. The number of hydrogen-bond donors (Lipinski definition) is 1. The quantitative estimate of drug-likeness (QED) is 0.486. The van der Waals surface area contributed by atoms with Crippen LogP contribution in [0.25, 0.3) is 0 Å². The van der Waals surface area contributed by atoms with E-state index in [2.05, 4.69) is 0 Å². The van der Waals surface area contributed by atoms with E-state index in [0.717, 1.165) is 6.07 Å². The van der Waals surface area contributed by atoms with E-state index in [1.807, 2.05) is 5.32 Å². The first-order valence-electron chi connectivity index (χ1n) is 5.52. The zero-order chi connectivity index (χ0) is 15.7. The average molecular weight is 326 g/mol. The lowest BCUT2D eigenvalue weighted by atomic mass is 10.2. The van der Waals surface area contributed by atoms with Crippen LogP contribution in [0.4, 0.5) is 32.0 Å². The van der Waals surface area contributed by atoms with Crippen LogP contribution in [0.2, 0.25) is 5.02 Å². The summed E-state index contributed by atoms with van der Waals surface area (Å²) >= 11 is 5.52. The van der Waals surface area contributed by atoms with Gasteiger partial charge in [0.15, 0.2) is 23.3 Å². The standard InChI is InChI=1S/C13H6ClF6N/c14-6-2-1-5(7(15)3-6)4-21-13-11(19)9(17)8(16)10(18)12(13)20/h1-3,21H,4H2. The van der Waals surface area contributed by atoms with Crippen LogP contribution in [0.1, 0.15) is 5.56 Å². The molecule has 112 valence electrons. The van der Waals surface area contributed by atoms with Crippen molar-refractivity contribution in [3.63, 3.8) is 0 Å². The Bertz CT molecular complexity index is 675. The van der Waals surface area contributed by atoms with Crippen molar-refractivity contribution in [2.75, 3.05) is 5.32 Å². The summed E-state index contributed by atoms with van der Waals surface area (Å²) in [5.41, 5.74) is -1.27. The highest BCUT2D eigenvalue weighted by Gasteiger charge is 2.25. The first-order chi connectivity index (χ1) is 9.82. The second-order valence-corrected chi connectivity index (χ2v) is 4.47. The minimum absolute atomic E-state index is 0.0525. The Kier molecular flexibility index (Phi) is 4.32. The van der Waals surface area contributed by atoms with Crippen molar-refractivity contribution < 1.29 is 26.3 Å². The second-order valence-electron chi connectivity index (χ2n) is 4.03. The molecular formula is C13H6ClF6N. The van der Waals surface area contributed by atoms with E-state index in [4.69, 9.17) is 11.6 Å². The minimum Gasteiger partial charge on any atom is -0.376 e. The largest absolute Gasteiger partial charge is 0.376 e. The molecule has 2 aromatic carbocycles. The molecule has 1 N–H and O–H groups in total. The molecule has 0 aromatic heterocycles. The lowest BCUT2D eigenvalue weighted by molar-refractivity contribution is 0.381. The van der Waals surface area contributed by atoms with Gasteiger partial charge in [-0.25, -0.2) is 26.3 Å². The Balaban J connectivity index is 2.32. The van der Waals surface area contributed by atoms with E-state index >= 15 is 0 Å². The fraction of sp³-hybridized carbons (Fsp3) is 0.0769. The number of halogens is 7. The van der Waals surface area contributed by atoms with Crippen molar-refractivity contribution in [2.45, 2.75) is 6.54 Å². The summed E-state index contributed by atoms with van der Waals surface area (Å²) in [5.74, 6) is -11.2. The molecule has 2 rings (SSSR count). The van der Waals surface area contributed by atoms with Crippen LogP contribution >= 0.6 is 11.6 Å². The molecule has 0 saturated heterocycles. The molecule has 0 fully saturated rings. The summed E-state index contributed by atoms with van der Waals surface area (Å²) in [5, 5.41) is 2.09. The number of nitrogens with one attached hydrogen (secondary N) is 1. The zero-order valence-corrected chi connectivity index (χ0v) is 10.8. The Morgan fingerprint density at radius 1 is 0.810 bits per heavy atom. The van der Waals surface area contributed by atoms with Gasteiger partial charge in [0.25, 0.3) is 0 Å². The summed E-state index contributed by atoms with van der Waals surface area (Å²) in [6.07, 6.45) is 0. The van der Waals surface area contributed by atoms with Crippen LogP contribution in [-0.4, -0.2) is 0 Å². The van der Waals surface area contributed by atoms with Crippen LogP contribution in [0.15, 0.2) is 18.2 Å². The van der Waals surface area contributed by atoms with Crippen molar-refractivity contribution in [3.05, 3.63) is 63.7 Å². The molecule has 21 heavy (non-hydrogen) atoms. The SMILES string of the molecule is Fc1cc(Cl)ccc1CNc1c(F)c(F)c(F)c(F)c1F. The first-order valence-corrected chi connectivity index (χ1v) is 5.90. The Hall–Kier alpha value is -1.89. The molecule has 0 spiro atoms. The molecule has 0 aliphatic heterocycles. The van der Waals surface area contributed by atoms with E-state index in [-0.39, 0.29) is 10.6 Å². The van der Waals surface area contributed by atoms with Gasteiger partial charge in [0.1, 0.15) is 11.5 Å². The number of benzene rings is 2. The van der Waals surface area contributed by atoms with Gasteiger partial charge in [0, 0.05) is 17.1 Å². The van der Waals surface area contributed by atoms with Gasteiger partial charge >= 0.3 is 0 Å². The molecule has 8 heteroatoms. The smallest absolute Gasteiger partial charge is 0.200 e. The third kappa shape index (κ3) is 2.92. The lowest BCUT2D eigenvalue weighted by Gasteiger charge is -2.11. The number of hydrogen-bond acceptors (Lipinski definition) is 1. The van der Waals surface area contributed by atoms with Gasteiger partial charge in [-0.15, -0.1) is 0 Å². The summed E-state index contributed by atoms with van der Waals surface area (Å²) in [6.45, 7) is -0.485. The van der Waals surface area contributed by atoms with Crippen molar-refractivity contribution in [1.82, 2.24) is 0 Å². The molecular weight excluding hydrogens is 320 g/mol. The molecule has 0 aliphatic carbocycles. The van der Waals surface area contributed by atoms with E-state index in [9.17, 15) is 26.3 Å². The molecule has 0 atom stereocenters. The molecule has 0 unspecified atom stereocenters. The maximum absolute atomic E-state index is 13.5. The van der Waals surface area contributed by atoms with Gasteiger partial charge in [0.05, 0.1) is 0 Å². The average Bonchev–Trinajstić information content (AvgIpc) is 2.45. The predicted molar refractivity (Wildman–Crippen MR) is 65.0 cm³/mol. The highest BCUT2D eigenvalue weighted by atomic mass is 35.5.